The first kappa shape index (κ1) is 16.2. The molecule has 8 heteroatoms. The predicted octanol–water partition coefficient (Wildman–Crippen LogP) is -0.604. The van der Waals surface area contributed by atoms with Gasteiger partial charge in [-0.2, -0.15) is 0 Å². The fourth-order valence-electron chi connectivity index (χ4n) is 1.70. The van der Waals surface area contributed by atoms with Crippen LogP contribution in [0.5, 0.6) is 0 Å². The van der Waals surface area contributed by atoms with E-state index in [1.807, 2.05) is 7.05 Å². The number of hydrogen-bond acceptors (Lipinski definition) is 5. The second kappa shape index (κ2) is 7.68. The molecule has 0 heterocycles. The highest BCUT2D eigenvalue weighted by Crippen LogP contribution is 2.24. The summed E-state index contributed by atoms with van der Waals surface area (Å²) in [7, 11) is 3.14. The summed E-state index contributed by atoms with van der Waals surface area (Å²) in [5.41, 5.74) is 0. The minimum atomic E-state index is -1.29. The number of urea groups is 1. The van der Waals surface area contributed by atoms with Crippen LogP contribution < -0.4 is 10.6 Å². The number of methoxy groups -OCH3 is 1. The summed E-state index contributed by atoms with van der Waals surface area (Å²) in [6.07, 6.45) is 1.97. The Labute approximate surface area is 117 Å². The van der Waals surface area contributed by atoms with Crippen molar-refractivity contribution >= 4 is 18.0 Å². The van der Waals surface area contributed by atoms with Crippen molar-refractivity contribution in [3.8, 4) is 0 Å². The summed E-state index contributed by atoms with van der Waals surface area (Å²) in [5.74, 6) is -1.97. The van der Waals surface area contributed by atoms with E-state index in [-0.39, 0.29) is 0 Å². The summed E-state index contributed by atoms with van der Waals surface area (Å²) < 4.78 is 4.38. The number of carboxylic acid groups (broad SMARTS) is 1. The maximum Gasteiger partial charge on any atom is 0.326 e. The van der Waals surface area contributed by atoms with Gasteiger partial charge < -0.3 is 25.4 Å². The molecule has 3 N–H and O–H groups in total. The molecule has 1 aliphatic rings. The number of aliphatic carboxylic acids is 1. The van der Waals surface area contributed by atoms with Crippen LogP contribution in [0.25, 0.3) is 0 Å². The monoisotopic (exact) mass is 287 g/mol. The van der Waals surface area contributed by atoms with Gasteiger partial charge in [0.15, 0.2) is 0 Å². The molecule has 1 rings (SSSR count). The van der Waals surface area contributed by atoms with E-state index in [9.17, 15) is 14.4 Å². The Hall–Kier alpha value is -1.83. The molecule has 1 aliphatic carbocycles. The van der Waals surface area contributed by atoms with Crippen molar-refractivity contribution in [1.82, 2.24) is 15.5 Å². The topological polar surface area (TPSA) is 108 Å². The highest BCUT2D eigenvalue weighted by molar-refractivity contribution is 5.86. The molecule has 0 aromatic carbocycles. The van der Waals surface area contributed by atoms with Crippen molar-refractivity contribution in [3.63, 3.8) is 0 Å². The van der Waals surface area contributed by atoms with Crippen LogP contribution in [-0.2, 0) is 14.3 Å². The van der Waals surface area contributed by atoms with E-state index in [4.69, 9.17) is 5.11 Å². The second-order valence-electron chi connectivity index (χ2n) is 4.78. The molecule has 0 spiro atoms. The average molecular weight is 287 g/mol. The Balaban J connectivity index is 2.26. The van der Waals surface area contributed by atoms with Crippen molar-refractivity contribution < 1.29 is 24.2 Å². The lowest BCUT2D eigenvalue weighted by Crippen LogP contribution is -2.48. The van der Waals surface area contributed by atoms with Crippen LogP contribution in [-0.4, -0.2) is 67.3 Å². The first-order valence-electron chi connectivity index (χ1n) is 6.48. The highest BCUT2D eigenvalue weighted by atomic mass is 16.5. The quantitative estimate of drug-likeness (QED) is 0.514. The van der Waals surface area contributed by atoms with Crippen molar-refractivity contribution in [2.45, 2.75) is 31.3 Å². The molecule has 0 aromatic rings. The van der Waals surface area contributed by atoms with Crippen LogP contribution in [0, 0.1) is 0 Å². The maximum atomic E-state index is 11.5. The molecule has 20 heavy (non-hydrogen) atoms. The van der Waals surface area contributed by atoms with Crippen LogP contribution in [0.3, 0.4) is 0 Å². The molecule has 0 aliphatic heterocycles. The second-order valence-corrected chi connectivity index (χ2v) is 4.78. The van der Waals surface area contributed by atoms with Gasteiger partial charge in [-0.25, -0.2) is 9.59 Å². The smallest absolute Gasteiger partial charge is 0.326 e. The van der Waals surface area contributed by atoms with Crippen LogP contribution in [0.4, 0.5) is 4.79 Å². The number of carbonyl (C=O) groups excluding carboxylic acids is 2. The third-order valence-electron chi connectivity index (χ3n) is 3.12. The molecule has 8 nitrogen and oxygen atoms in total. The first-order chi connectivity index (χ1) is 9.43. The number of likely N-dealkylation sites (N-methyl/N-ethyl adjacent to an activating group) is 1. The van der Waals surface area contributed by atoms with Crippen LogP contribution in [0.2, 0.25) is 0 Å². The molecule has 1 atom stereocenters. The van der Waals surface area contributed by atoms with Crippen LogP contribution in [0.15, 0.2) is 0 Å². The number of ether oxygens (including phenoxy) is 1. The van der Waals surface area contributed by atoms with Gasteiger partial charge >= 0.3 is 18.0 Å². The van der Waals surface area contributed by atoms with Crippen molar-refractivity contribution in [2.75, 3.05) is 27.2 Å². The van der Waals surface area contributed by atoms with E-state index in [0.29, 0.717) is 19.1 Å². The summed E-state index contributed by atoms with van der Waals surface area (Å²) >= 11 is 0. The lowest BCUT2D eigenvalue weighted by molar-refractivity contribution is -0.147. The summed E-state index contributed by atoms with van der Waals surface area (Å²) in [6, 6.07) is -1.29. The van der Waals surface area contributed by atoms with E-state index >= 15 is 0 Å². The number of hydrogen-bond donors (Lipinski definition) is 3. The van der Waals surface area contributed by atoms with Crippen molar-refractivity contribution in [2.24, 2.45) is 0 Å². The maximum absolute atomic E-state index is 11.5. The molecule has 0 unspecified atom stereocenters. The van der Waals surface area contributed by atoms with E-state index in [1.54, 1.807) is 0 Å². The molecule has 0 radical (unpaired) electrons. The lowest BCUT2D eigenvalue weighted by Gasteiger charge is -2.17. The van der Waals surface area contributed by atoms with Gasteiger partial charge in [0.1, 0.15) is 6.04 Å². The molecule has 0 aromatic heterocycles. The molecule has 1 fully saturated rings. The number of rotatable bonds is 8. The van der Waals surface area contributed by atoms with Gasteiger partial charge in [0.25, 0.3) is 0 Å². The van der Waals surface area contributed by atoms with Crippen molar-refractivity contribution in [3.05, 3.63) is 0 Å². The van der Waals surface area contributed by atoms with Gasteiger partial charge in [-0.15, -0.1) is 0 Å². The van der Waals surface area contributed by atoms with E-state index < -0.39 is 30.4 Å². The third kappa shape index (κ3) is 5.87. The zero-order valence-corrected chi connectivity index (χ0v) is 11.7. The lowest BCUT2D eigenvalue weighted by atomic mass is 10.2. The Bertz CT molecular complexity index is 370. The Morgan fingerprint density at radius 3 is 2.55 bits per heavy atom. The summed E-state index contributed by atoms with van der Waals surface area (Å²) in [4.78, 5) is 35.6. The Morgan fingerprint density at radius 2 is 2.05 bits per heavy atom. The predicted molar refractivity (Wildman–Crippen MR) is 70.2 cm³/mol. The average Bonchev–Trinajstić information content (AvgIpc) is 3.21. The van der Waals surface area contributed by atoms with Gasteiger partial charge in [0, 0.05) is 19.1 Å². The number of esters is 1. The summed E-state index contributed by atoms with van der Waals surface area (Å²) in [5, 5.41) is 13.7. The van der Waals surface area contributed by atoms with E-state index in [1.165, 1.54) is 12.8 Å². The Morgan fingerprint density at radius 1 is 1.40 bits per heavy atom. The number of amides is 2. The number of carbonyl (C=O) groups is 3. The highest BCUT2D eigenvalue weighted by Gasteiger charge is 2.26. The third-order valence-corrected chi connectivity index (χ3v) is 3.12. The van der Waals surface area contributed by atoms with Crippen LogP contribution in [0.1, 0.15) is 19.3 Å². The van der Waals surface area contributed by atoms with E-state index in [2.05, 4.69) is 20.3 Å². The minimum Gasteiger partial charge on any atom is -0.480 e. The van der Waals surface area contributed by atoms with Gasteiger partial charge in [-0.3, -0.25) is 4.79 Å². The normalized spacial score (nSPS) is 15.6. The molecule has 1 saturated carbocycles. The van der Waals surface area contributed by atoms with Gasteiger partial charge in [0.2, 0.25) is 0 Å². The molecule has 0 bridgehead atoms. The Kier molecular flexibility index (Phi) is 6.23. The largest absolute Gasteiger partial charge is 0.480 e. The summed E-state index contributed by atoms with van der Waals surface area (Å²) in [6.45, 7) is 1.12. The van der Waals surface area contributed by atoms with Gasteiger partial charge in [-0.1, -0.05) is 0 Å². The number of nitrogens with one attached hydrogen (secondary N) is 2. The van der Waals surface area contributed by atoms with Crippen LogP contribution >= 0.6 is 0 Å². The zero-order chi connectivity index (χ0) is 15.1. The van der Waals surface area contributed by atoms with Gasteiger partial charge in [-0.05, 0) is 19.9 Å². The standard InChI is InChI=1S/C12H21N3O5/c1-15(8-3-4-8)6-5-13-12(19)14-9(11(17)18)7-10(16)20-2/h8-9H,3-7H2,1-2H3,(H,17,18)(H2,13,14,19)/t9-/m0/s1. The first-order valence-corrected chi connectivity index (χ1v) is 6.48. The minimum absolute atomic E-state index is 0.402. The fraction of sp³-hybridized carbons (Fsp3) is 0.750. The van der Waals surface area contributed by atoms with Crippen molar-refractivity contribution in [1.29, 1.82) is 0 Å². The molecule has 2 amide bonds. The molecule has 114 valence electrons. The number of carboxylic acids is 1. The number of nitrogens with zero attached hydrogens (tertiary/aromatic N) is 1. The molecular weight excluding hydrogens is 266 g/mol. The fourth-order valence-corrected chi connectivity index (χ4v) is 1.70. The van der Waals surface area contributed by atoms with E-state index in [0.717, 1.165) is 7.11 Å². The SMILES string of the molecule is COC(=O)C[C@H](NC(=O)NCCN(C)C1CC1)C(=O)O. The molecule has 0 saturated heterocycles. The zero-order valence-electron chi connectivity index (χ0n) is 11.7. The molecular formula is C12H21N3O5. The van der Waals surface area contributed by atoms with Gasteiger partial charge in [0.05, 0.1) is 13.5 Å².